The molecule has 0 fully saturated rings. The molecule has 41 heavy (non-hydrogen) atoms. The zero-order chi connectivity index (χ0) is 28.5. The number of thiazole rings is 1. The number of anilines is 2. The number of hydrogen-bond acceptors (Lipinski definition) is 7. The Balaban J connectivity index is 1.30. The van der Waals surface area contributed by atoms with E-state index >= 15 is 0 Å². The molecule has 3 aromatic carbocycles. The number of carbonyl (C=O) groups is 2. The highest BCUT2D eigenvalue weighted by Crippen LogP contribution is 2.35. The smallest absolute Gasteiger partial charge is 0.291 e. The predicted octanol–water partition coefficient (Wildman–Crippen LogP) is 4.04. The second-order valence-electron chi connectivity index (χ2n) is 9.43. The monoisotopic (exact) mass is 569 g/mol. The molecule has 0 atom stereocenters. The van der Waals surface area contributed by atoms with Crippen LogP contribution in [0.3, 0.4) is 0 Å². The molecule has 206 valence electrons. The fourth-order valence-corrected chi connectivity index (χ4v) is 5.57. The molecule has 5 aromatic rings. The van der Waals surface area contributed by atoms with E-state index in [1.807, 2.05) is 24.3 Å². The van der Waals surface area contributed by atoms with Gasteiger partial charge in [0.15, 0.2) is 5.82 Å². The average molecular weight is 570 g/mol. The molecule has 11 heteroatoms. The standard InChI is InChI=1S/C30H24FN5O4S/c1-2-3-16-40-21-14-8-18(9-15-21)27-33-30-36(34-27)29(39)26(41-30)25-22-6-4-5-7-23(22)35(28(25)38)17-24(37)32-20-12-10-19(31)11-13-20/h4-15H,2-3,16-17H2,1H3,(H,32,37)/b26-25-. The molecule has 3 heterocycles. The first-order valence-corrected chi connectivity index (χ1v) is 13.9. The van der Waals surface area contributed by atoms with Crippen LogP contribution in [0.15, 0.2) is 77.6 Å². The third kappa shape index (κ3) is 5.07. The van der Waals surface area contributed by atoms with Crippen LogP contribution < -0.4 is 25.0 Å². The van der Waals surface area contributed by atoms with Crippen molar-refractivity contribution < 1.29 is 18.7 Å². The fraction of sp³-hybridized carbons (Fsp3) is 0.167. The molecule has 1 aliphatic heterocycles. The molecule has 0 unspecified atom stereocenters. The van der Waals surface area contributed by atoms with E-state index in [1.165, 1.54) is 33.7 Å². The predicted molar refractivity (Wildman–Crippen MR) is 155 cm³/mol. The zero-order valence-electron chi connectivity index (χ0n) is 22.0. The van der Waals surface area contributed by atoms with Gasteiger partial charge in [0, 0.05) is 16.8 Å². The first kappa shape index (κ1) is 26.3. The average Bonchev–Trinajstić information content (AvgIpc) is 3.61. The summed E-state index contributed by atoms with van der Waals surface area (Å²) in [7, 11) is 0. The van der Waals surface area contributed by atoms with E-state index in [4.69, 9.17) is 4.74 Å². The van der Waals surface area contributed by atoms with Gasteiger partial charge in [-0.25, -0.2) is 4.39 Å². The van der Waals surface area contributed by atoms with Crippen molar-refractivity contribution in [1.82, 2.24) is 14.6 Å². The number of carbonyl (C=O) groups excluding carboxylic acids is 2. The second kappa shape index (κ2) is 10.9. The molecular formula is C30H24FN5O4S. The molecule has 6 rings (SSSR count). The van der Waals surface area contributed by atoms with Crippen molar-refractivity contribution in [2.75, 3.05) is 23.4 Å². The maximum absolute atomic E-state index is 13.6. The number of fused-ring (bicyclic) bond motifs is 2. The number of hydrogen-bond donors (Lipinski definition) is 1. The van der Waals surface area contributed by atoms with Gasteiger partial charge >= 0.3 is 0 Å². The number of halogens is 1. The Labute approximate surface area is 237 Å². The van der Waals surface area contributed by atoms with Gasteiger partial charge in [-0.15, -0.1) is 5.10 Å². The van der Waals surface area contributed by atoms with Crippen molar-refractivity contribution in [1.29, 1.82) is 0 Å². The molecule has 0 saturated carbocycles. The number of unbranched alkanes of at least 4 members (excludes halogenated alkanes) is 1. The minimum absolute atomic E-state index is 0.199. The van der Waals surface area contributed by atoms with Crippen LogP contribution in [0.4, 0.5) is 15.8 Å². The number of aromatic nitrogens is 3. The molecule has 1 aliphatic rings. The molecule has 0 spiro atoms. The zero-order valence-corrected chi connectivity index (χ0v) is 22.8. The summed E-state index contributed by atoms with van der Waals surface area (Å²) in [6.45, 7) is 2.46. The van der Waals surface area contributed by atoms with Gasteiger partial charge in [-0.2, -0.15) is 9.50 Å². The Hall–Kier alpha value is -4.90. The van der Waals surface area contributed by atoms with Gasteiger partial charge in [-0.1, -0.05) is 42.9 Å². The maximum atomic E-state index is 13.6. The van der Waals surface area contributed by atoms with Crippen LogP contribution in [0, 0.1) is 5.82 Å². The lowest BCUT2D eigenvalue weighted by molar-refractivity contribution is -0.118. The van der Waals surface area contributed by atoms with Gasteiger partial charge in [-0.3, -0.25) is 19.3 Å². The fourth-order valence-electron chi connectivity index (χ4n) is 4.58. The van der Waals surface area contributed by atoms with Gasteiger partial charge in [0.25, 0.3) is 11.5 Å². The van der Waals surface area contributed by atoms with E-state index in [0.717, 1.165) is 35.5 Å². The highest BCUT2D eigenvalue weighted by Gasteiger charge is 2.35. The lowest BCUT2D eigenvalue weighted by Crippen LogP contribution is -2.37. The number of rotatable bonds is 8. The van der Waals surface area contributed by atoms with Gasteiger partial charge < -0.3 is 10.1 Å². The van der Waals surface area contributed by atoms with Gasteiger partial charge in [-0.05, 0) is 61.0 Å². The molecular weight excluding hydrogens is 545 g/mol. The van der Waals surface area contributed by atoms with E-state index in [-0.39, 0.29) is 16.7 Å². The van der Waals surface area contributed by atoms with Crippen molar-refractivity contribution in [3.8, 4) is 17.1 Å². The first-order chi connectivity index (χ1) is 19.9. The van der Waals surface area contributed by atoms with Crippen LogP contribution >= 0.6 is 11.3 Å². The Kier molecular flexibility index (Phi) is 7.02. The van der Waals surface area contributed by atoms with Crippen molar-refractivity contribution >= 4 is 45.1 Å². The van der Waals surface area contributed by atoms with Crippen molar-refractivity contribution in [2.45, 2.75) is 19.8 Å². The number of nitrogens with zero attached hydrogens (tertiary/aromatic N) is 4. The third-order valence-electron chi connectivity index (χ3n) is 6.62. The highest BCUT2D eigenvalue weighted by molar-refractivity contribution is 7.15. The Morgan fingerprint density at radius 2 is 1.78 bits per heavy atom. The lowest BCUT2D eigenvalue weighted by Gasteiger charge is -2.16. The molecule has 2 amide bonds. The maximum Gasteiger partial charge on any atom is 0.291 e. The number of ether oxygens (including phenoxy) is 1. The number of benzene rings is 3. The Morgan fingerprint density at radius 3 is 2.51 bits per heavy atom. The molecule has 0 radical (unpaired) electrons. The SMILES string of the molecule is CCCCOc1ccc(-c2nc3s/c(=C4\C(=O)N(CC(=O)Nc5ccc(F)cc5)c5ccccc54)c(=O)n3n2)cc1. The summed E-state index contributed by atoms with van der Waals surface area (Å²) in [6.07, 6.45) is 2.02. The van der Waals surface area contributed by atoms with Gasteiger partial charge in [0.05, 0.1) is 17.9 Å². The van der Waals surface area contributed by atoms with Gasteiger partial charge in [0.2, 0.25) is 10.9 Å². The quantitative estimate of drug-likeness (QED) is 0.283. The summed E-state index contributed by atoms with van der Waals surface area (Å²) in [5, 5.41) is 7.08. The van der Waals surface area contributed by atoms with Crippen molar-refractivity contribution in [3.63, 3.8) is 0 Å². The van der Waals surface area contributed by atoms with Crippen LogP contribution in [0.25, 0.3) is 21.9 Å². The van der Waals surface area contributed by atoms with E-state index in [9.17, 15) is 18.8 Å². The molecule has 0 aliphatic carbocycles. The van der Waals surface area contributed by atoms with Crippen LogP contribution in [-0.4, -0.2) is 39.6 Å². The Bertz CT molecular complexity index is 1880. The summed E-state index contributed by atoms with van der Waals surface area (Å²) in [4.78, 5) is 46.1. The topological polar surface area (TPSA) is 106 Å². The second-order valence-corrected chi connectivity index (χ2v) is 10.4. The largest absolute Gasteiger partial charge is 0.494 e. The molecule has 1 N–H and O–H groups in total. The Morgan fingerprint density at radius 1 is 1.02 bits per heavy atom. The summed E-state index contributed by atoms with van der Waals surface area (Å²) in [5.74, 6) is -0.213. The number of nitrogens with one attached hydrogen (secondary N) is 1. The summed E-state index contributed by atoms with van der Waals surface area (Å²) < 4.78 is 20.3. The van der Waals surface area contributed by atoms with Crippen LogP contribution in [0.5, 0.6) is 5.75 Å². The van der Waals surface area contributed by atoms with E-state index in [2.05, 4.69) is 22.3 Å². The van der Waals surface area contributed by atoms with E-state index < -0.39 is 23.2 Å². The molecule has 2 aromatic heterocycles. The first-order valence-electron chi connectivity index (χ1n) is 13.1. The van der Waals surface area contributed by atoms with Crippen LogP contribution in [-0.2, 0) is 9.59 Å². The summed E-state index contributed by atoms with van der Waals surface area (Å²) in [6, 6.07) is 19.7. The molecule has 0 bridgehead atoms. The van der Waals surface area contributed by atoms with E-state index in [0.29, 0.717) is 34.3 Å². The minimum Gasteiger partial charge on any atom is -0.494 e. The van der Waals surface area contributed by atoms with Crippen LogP contribution in [0.2, 0.25) is 0 Å². The number of amides is 2. The van der Waals surface area contributed by atoms with Crippen LogP contribution in [0.1, 0.15) is 25.3 Å². The van der Waals surface area contributed by atoms with Crippen molar-refractivity contribution in [3.05, 3.63) is 99.1 Å². The number of para-hydroxylation sites is 1. The molecule has 0 saturated heterocycles. The third-order valence-corrected chi connectivity index (χ3v) is 7.65. The minimum atomic E-state index is -0.471. The van der Waals surface area contributed by atoms with Crippen molar-refractivity contribution in [2.24, 2.45) is 0 Å². The summed E-state index contributed by atoms with van der Waals surface area (Å²) in [5.41, 5.74) is 1.95. The highest BCUT2D eigenvalue weighted by atomic mass is 32.1. The lowest BCUT2D eigenvalue weighted by atomic mass is 10.1. The normalized spacial score (nSPS) is 14.0. The van der Waals surface area contributed by atoms with E-state index in [1.54, 1.807) is 24.3 Å². The molecule has 9 nitrogen and oxygen atoms in total. The summed E-state index contributed by atoms with van der Waals surface area (Å²) >= 11 is 1.08. The van der Waals surface area contributed by atoms with Gasteiger partial charge in [0.1, 0.15) is 22.6 Å².